The van der Waals surface area contributed by atoms with Crippen molar-refractivity contribution in [2.45, 2.75) is 45.3 Å². The zero-order chi connectivity index (χ0) is 23.3. The minimum absolute atomic E-state index is 0.0288. The van der Waals surface area contributed by atoms with Crippen LogP contribution in [0.25, 0.3) is 0 Å². The highest BCUT2D eigenvalue weighted by Crippen LogP contribution is 2.26. The second-order valence-electron chi connectivity index (χ2n) is 7.25. The van der Waals surface area contributed by atoms with E-state index in [1.807, 2.05) is 37.5 Å². The van der Waals surface area contributed by atoms with Crippen LogP contribution in [-0.2, 0) is 17.8 Å². The van der Waals surface area contributed by atoms with Crippen LogP contribution >= 0.6 is 39.3 Å². The van der Waals surface area contributed by atoms with E-state index in [9.17, 15) is 9.59 Å². The summed E-state index contributed by atoms with van der Waals surface area (Å²) in [6.07, 6.45) is 0.805. The van der Waals surface area contributed by atoms with E-state index in [0.29, 0.717) is 35.1 Å². The van der Waals surface area contributed by atoms with Crippen molar-refractivity contribution in [2.24, 2.45) is 0 Å². The molecule has 3 aromatic rings. The third-order valence-corrected chi connectivity index (χ3v) is 7.26. The molecule has 0 saturated heterocycles. The highest BCUT2D eigenvalue weighted by Gasteiger charge is 2.16. The smallest absolute Gasteiger partial charge is 0.234 e. The molecule has 2 aromatic carbocycles. The molecule has 0 bridgehead atoms. The lowest BCUT2D eigenvalue weighted by molar-refractivity contribution is -0.113. The number of nitrogens with zero attached hydrogens (tertiary/aromatic N) is 3. The van der Waals surface area contributed by atoms with E-state index in [-0.39, 0.29) is 17.4 Å². The molecule has 1 heterocycles. The molecular formula is C23H24BrClN4O2S. The van der Waals surface area contributed by atoms with E-state index in [1.54, 1.807) is 24.3 Å². The zero-order valence-corrected chi connectivity index (χ0v) is 21.3. The zero-order valence-electron chi connectivity index (χ0n) is 18.1. The number of halogens is 2. The summed E-state index contributed by atoms with van der Waals surface area (Å²) in [6, 6.07) is 10.7. The lowest BCUT2D eigenvalue weighted by Crippen LogP contribution is -2.16. The van der Waals surface area contributed by atoms with Crippen molar-refractivity contribution in [3.8, 4) is 0 Å². The minimum atomic E-state index is -0.107. The van der Waals surface area contributed by atoms with Gasteiger partial charge in [0.2, 0.25) is 5.91 Å². The van der Waals surface area contributed by atoms with Crippen LogP contribution in [0.5, 0.6) is 0 Å². The standard InChI is InChI=1S/C23H24BrClN4O2S/c1-4-29-21(12-11-20(30)16-5-7-17(25)8-6-16)27-28-23(29)32-13-22(31)26-19-10-9-18(24)14(2)15(19)3/h5-10H,4,11-13H2,1-3H3,(H,26,31). The van der Waals surface area contributed by atoms with Gasteiger partial charge in [0, 0.05) is 40.1 Å². The van der Waals surface area contributed by atoms with Crippen LogP contribution in [0.15, 0.2) is 46.0 Å². The molecule has 1 amide bonds. The molecule has 6 nitrogen and oxygen atoms in total. The molecule has 0 aliphatic heterocycles. The van der Waals surface area contributed by atoms with Crippen molar-refractivity contribution in [1.82, 2.24) is 14.8 Å². The Balaban J connectivity index is 1.58. The van der Waals surface area contributed by atoms with E-state index in [1.165, 1.54) is 11.8 Å². The first-order valence-electron chi connectivity index (χ1n) is 10.2. The number of carbonyl (C=O) groups excluding carboxylic acids is 2. The predicted octanol–water partition coefficient (Wildman–Crippen LogP) is 5.88. The van der Waals surface area contributed by atoms with Gasteiger partial charge < -0.3 is 9.88 Å². The maximum absolute atomic E-state index is 12.5. The second-order valence-corrected chi connectivity index (χ2v) is 9.49. The van der Waals surface area contributed by atoms with Crippen LogP contribution in [0.4, 0.5) is 5.69 Å². The third-order valence-electron chi connectivity index (χ3n) is 5.18. The monoisotopic (exact) mass is 534 g/mol. The van der Waals surface area contributed by atoms with E-state index in [0.717, 1.165) is 27.1 Å². The van der Waals surface area contributed by atoms with Crippen LogP contribution in [0.3, 0.4) is 0 Å². The summed E-state index contributed by atoms with van der Waals surface area (Å²) >= 11 is 10.7. The van der Waals surface area contributed by atoms with Crippen LogP contribution in [0, 0.1) is 13.8 Å². The first-order valence-corrected chi connectivity index (χ1v) is 12.3. The molecule has 0 radical (unpaired) electrons. The van der Waals surface area contributed by atoms with Crippen molar-refractivity contribution in [2.75, 3.05) is 11.1 Å². The number of benzene rings is 2. The Morgan fingerprint density at radius 1 is 1.09 bits per heavy atom. The SMILES string of the molecule is CCn1c(CCC(=O)c2ccc(Cl)cc2)nnc1SCC(=O)Nc1ccc(Br)c(C)c1C. The van der Waals surface area contributed by atoms with Crippen LogP contribution < -0.4 is 5.32 Å². The average Bonchev–Trinajstić information content (AvgIpc) is 3.18. The van der Waals surface area contributed by atoms with Crippen molar-refractivity contribution >= 4 is 56.7 Å². The summed E-state index contributed by atoms with van der Waals surface area (Å²) in [4.78, 5) is 24.9. The Morgan fingerprint density at radius 2 is 1.81 bits per heavy atom. The number of hydrogen-bond donors (Lipinski definition) is 1. The quantitative estimate of drug-likeness (QED) is 0.274. The Labute approximate surface area is 205 Å². The van der Waals surface area contributed by atoms with Crippen molar-refractivity contribution in [3.05, 3.63) is 68.4 Å². The van der Waals surface area contributed by atoms with Gasteiger partial charge in [-0.3, -0.25) is 9.59 Å². The summed E-state index contributed by atoms with van der Waals surface area (Å²) in [5.74, 6) is 0.874. The predicted molar refractivity (Wildman–Crippen MR) is 133 cm³/mol. The highest BCUT2D eigenvalue weighted by molar-refractivity contribution is 9.10. The maximum Gasteiger partial charge on any atom is 0.234 e. The molecule has 1 N–H and O–H groups in total. The molecule has 0 saturated carbocycles. The van der Waals surface area contributed by atoms with Crippen molar-refractivity contribution < 1.29 is 9.59 Å². The number of nitrogens with one attached hydrogen (secondary N) is 1. The number of thioether (sulfide) groups is 1. The van der Waals surface area contributed by atoms with Gasteiger partial charge in [0.05, 0.1) is 5.75 Å². The van der Waals surface area contributed by atoms with Gasteiger partial charge in [-0.25, -0.2) is 0 Å². The Hall–Kier alpha value is -2.16. The van der Waals surface area contributed by atoms with Crippen LogP contribution in [0.2, 0.25) is 5.02 Å². The number of anilines is 1. The topological polar surface area (TPSA) is 76.9 Å². The molecule has 0 spiro atoms. The summed E-state index contributed by atoms with van der Waals surface area (Å²) in [6.45, 7) is 6.64. The molecule has 0 atom stereocenters. The fourth-order valence-corrected chi connectivity index (χ4v) is 4.55. The molecule has 0 unspecified atom stereocenters. The van der Waals surface area contributed by atoms with Gasteiger partial charge in [-0.15, -0.1) is 10.2 Å². The normalized spacial score (nSPS) is 10.9. The molecule has 0 aliphatic rings. The molecule has 32 heavy (non-hydrogen) atoms. The lowest BCUT2D eigenvalue weighted by atomic mass is 10.1. The largest absolute Gasteiger partial charge is 0.325 e. The molecule has 1 aromatic heterocycles. The minimum Gasteiger partial charge on any atom is -0.325 e. The average molecular weight is 536 g/mol. The summed E-state index contributed by atoms with van der Waals surface area (Å²) in [5.41, 5.74) is 3.55. The van der Waals surface area contributed by atoms with E-state index >= 15 is 0 Å². The highest BCUT2D eigenvalue weighted by atomic mass is 79.9. The van der Waals surface area contributed by atoms with Gasteiger partial charge in [0.15, 0.2) is 10.9 Å². The van der Waals surface area contributed by atoms with Crippen molar-refractivity contribution in [3.63, 3.8) is 0 Å². The second kappa shape index (κ2) is 11.1. The molecule has 3 rings (SSSR count). The summed E-state index contributed by atoms with van der Waals surface area (Å²) in [5, 5.41) is 12.7. The number of amides is 1. The van der Waals surface area contributed by atoms with Gasteiger partial charge in [0.1, 0.15) is 5.82 Å². The number of aryl methyl sites for hydroxylation is 1. The first kappa shape index (κ1) is 24.5. The molecular weight excluding hydrogens is 512 g/mol. The van der Waals surface area contributed by atoms with Crippen LogP contribution in [0.1, 0.15) is 40.7 Å². The van der Waals surface area contributed by atoms with E-state index in [4.69, 9.17) is 11.6 Å². The number of rotatable bonds is 9. The molecule has 0 aliphatic carbocycles. The molecule has 0 fully saturated rings. The fourth-order valence-electron chi connectivity index (χ4n) is 3.17. The van der Waals surface area contributed by atoms with Gasteiger partial charge in [-0.1, -0.05) is 39.3 Å². The Morgan fingerprint density at radius 3 is 2.50 bits per heavy atom. The van der Waals surface area contributed by atoms with Gasteiger partial charge in [-0.05, 0) is 68.3 Å². The lowest BCUT2D eigenvalue weighted by Gasteiger charge is -2.12. The molecule has 168 valence electrons. The van der Waals surface area contributed by atoms with Gasteiger partial charge in [-0.2, -0.15) is 0 Å². The Kier molecular flexibility index (Phi) is 8.51. The van der Waals surface area contributed by atoms with Gasteiger partial charge in [0.25, 0.3) is 0 Å². The van der Waals surface area contributed by atoms with Gasteiger partial charge >= 0.3 is 0 Å². The number of ketones is 1. The maximum atomic E-state index is 12.5. The number of carbonyl (C=O) groups is 2. The number of aromatic nitrogens is 3. The summed E-state index contributed by atoms with van der Waals surface area (Å²) in [7, 11) is 0. The fraction of sp³-hybridized carbons (Fsp3) is 0.304. The van der Waals surface area contributed by atoms with Crippen molar-refractivity contribution in [1.29, 1.82) is 0 Å². The third kappa shape index (κ3) is 5.99. The Bertz CT molecular complexity index is 1130. The van der Waals surface area contributed by atoms with E-state index in [2.05, 4.69) is 31.4 Å². The molecule has 9 heteroatoms. The summed E-state index contributed by atoms with van der Waals surface area (Å²) < 4.78 is 2.96. The number of Topliss-reactive ketones (excluding diaryl/α,β-unsaturated/α-hetero) is 1. The van der Waals surface area contributed by atoms with E-state index < -0.39 is 0 Å². The number of hydrogen-bond acceptors (Lipinski definition) is 5. The van der Waals surface area contributed by atoms with Crippen LogP contribution in [-0.4, -0.2) is 32.2 Å². The first-order chi connectivity index (χ1) is 15.3.